The number of ether oxygens (including phenoxy) is 2. The van der Waals surface area contributed by atoms with Gasteiger partial charge in [-0.25, -0.2) is 5.43 Å². The van der Waals surface area contributed by atoms with Crippen molar-refractivity contribution in [1.29, 1.82) is 0 Å². The van der Waals surface area contributed by atoms with Crippen LogP contribution in [0.2, 0.25) is 0 Å². The van der Waals surface area contributed by atoms with Crippen LogP contribution in [-0.4, -0.2) is 25.8 Å². The van der Waals surface area contributed by atoms with Crippen molar-refractivity contribution < 1.29 is 14.3 Å². The van der Waals surface area contributed by atoms with Crippen LogP contribution in [0, 0.1) is 0 Å². The van der Waals surface area contributed by atoms with Gasteiger partial charge in [-0.1, -0.05) is 15.9 Å². The highest BCUT2D eigenvalue weighted by atomic mass is 79.9. The summed E-state index contributed by atoms with van der Waals surface area (Å²) < 4.78 is 11.3. The number of hydrogen-bond acceptors (Lipinski definition) is 4. The lowest BCUT2D eigenvalue weighted by atomic mass is 10.2. The van der Waals surface area contributed by atoms with Gasteiger partial charge in [-0.15, -0.1) is 0 Å². The van der Waals surface area contributed by atoms with Crippen LogP contribution in [0.3, 0.4) is 0 Å². The highest BCUT2D eigenvalue weighted by Gasteiger charge is 2.12. The Morgan fingerprint density at radius 3 is 2.65 bits per heavy atom. The Morgan fingerprint density at radius 2 is 2.00 bits per heavy atom. The SMILES string of the molecule is CCOc1ccc(Br)cc1C(=O)N/N=C/c1ccc(OC)cc1. The lowest BCUT2D eigenvalue weighted by molar-refractivity contribution is 0.0951. The molecule has 0 saturated heterocycles. The van der Waals surface area contributed by atoms with Gasteiger partial charge in [-0.05, 0) is 55.0 Å². The number of carbonyl (C=O) groups is 1. The summed E-state index contributed by atoms with van der Waals surface area (Å²) in [6.45, 7) is 2.35. The zero-order chi connectivity index (χ0) is 16.7. The Balaban J connectivity index is 2.06. The number of methoxy groups -OCH3 is 1. The highest BCUT2D eigenvalue weighted by Crippen LogP contribution is 2.23. The van der Waals surface area contributed by atoms with Gasteiger partial charge in [0.2, 0.25) is 0 Å². The van der Waals surface area contributed by atoms with Crippen molar-refractivity contribution in [2.45, 2.75) is 6.92 Å². The summed E-state index contributed by atoms with van der Waals surface area (Å²) in [6, 6.07) is 12.6. The molecule has 2 aromatic rings. The van der Waals surface area contributed by atoms with Gasteiger partial charge in [0.1, 0.15) is 11.5 Å². The zero-order valence-corrected chi connectivity index (χ0v) is 14.5. The van der Waals surface area contributed by atoms with E-state index in [1.807, 2.05) is 37.3 Å². The predicted octanol–water partition coefficient (Wildman–Crippen LogP) is 3.62. The molecule has 2 aromatic carbocycles. The largest absolute Gasteiger partial charge is 0.497 e. The second-order valence-corrected chi connectivity index (χ2v) is 5.46. The lowest BCUT2D eigenvalue weighted by Gasteiger charge is -2.09. The van der Waals surface area contributed by atoms with E-state index in [1.165, 1.54) is 0 Å². The third kappa shape index (κ3) is 4.82. The number of hydrazone groups is 1. The molecule has 1 N–H and O–H groups in total. The Hall–Kier alpha value is -2.34. The van der Waals surface area contributed by atoms with Gasteiger partial charge in [0.05, 0.1) is 25.5 Å². The maximum Gasteiger partial charge on any atom is 0.275 e. The fourth-order valence-corrected chi connectivity index (χ4v) is 2.24. The van der Waals surface area contributed by atoms with E-state index < -0.39 is 0 Å². The summed E-state index contributed by atoms with van der Waals surface area (Å²) in [5, 5.41) is 3.97. The van der Waals surface area contributed by atoms with Crippen molar-refractivity contribution in [1.82, 2.24) is 5.43 Å². The standard InChI is InChI=1S/C17H17BrN2O3/c1-3-23-16-9-6-13(18)10-15(16)17(21)20-19-11-12-4-7-14(22-2)8-5-12/h4-11H,3H2,1-2H3,(H,20,21)/b19-11+. The summed E-state index contributed by atoms with van der Waals surface area (Å²) in [6.07, 6.45) is 1.57. The molecule has 0 aliphatic heterocycles. The quantitative estimate of drug-likeness (QED) is 0.618. The fourth-order valence-electron chi connectivity index (χ4n) is 1.88. The van der Waals surface area contributed by atoms with E-state index in [1.54, 1.807) is 25.5 Å². The van der Waals surface area contributed by atoms with Crippen molar-refractivity contribution in [2.24, 2.45) is 5.10 Å². The first-order valence-corrected chi connectivity index (χ1v) is 7.83. The average Bonchev–Trinajstić information content (AvgIpc) is 2.57. The third-order valence-electron chi connectivity index (χ3n) is 2.98. The van der Waals surface area contributed by atoms with Crippen LogP contribution in [0.4, 0.5) is 0 Å². The van der Waals surface area contributed by atoms with Gasteiger partial charge >= 0.3 is 0 Å². The molecule has 0 saturated carbocycles. The smallest absolute Gasteiger partial charge is 0.275 e. The summed E-state index contributed by atoms with van der Waals surface area (Å²) in [4.78, 5) is 12.2. The molecule has 23 heavy (non-hydrogen) atoms. The fraction of sp³-hybridized carbons (Fsp3) is 0.176. The molecule has 6 heteroatoms. The topological polar surface area (TPSA) is 59.9 Å². The molecule has 120 valence electrons. The van der Waals surface area contributed by atoms with E-state index in [9.17, 15) is 4.79 Å². The van der Waals surface area contributed by atoms with E-state index in [0.29, 0.717) is 17.9 Å². The molecule has 0 bridgehead atoms. The molecular formula is C17H17BrN2O3. The minimum Gasteiger partial charge on any atom is -0.497 e. The second-order valence-electron chi connectivity index (χ2n) is 4.55. The van der Waals surface area contributed by atoms with Gasteiger partial charge in [0.15, 0.2) is 0 Å². The van der Waals surface area contributed by atoms with Gasteiger partial charge < -0.3 is 9.47 Å². The van der Waals surface area contributed by atoms with Crippen molar-refractivity contribution in [2.75, 3.05) is 13.7 Å². The second kappa shape index (κ2) is 8.33. The minimum absolute atomic E-state index is 0.334. The van der Waals surface area contributed by atoms with E-state index in [4.69, 9.17) is 9.47 Å². The first kappa shape index (κ1) is 17.0. The highest BCUT2D eigenvalue weighted by molar-refractivity contribution is 9.10. The molecule has 0 unspecified atom stereocenters. The van der Waals surface area contributed by atoms with Crippen molar-refractivity contribution in [3.63, 3.8) is 0 Å². The molecular weight excluding hydrogens is 360 g/mol. The predicted molar refractivity (Wildman–Crippen MR) is 93.4 cm³/mol. The third-order valence-corrected chi connectivity index (χ3v) is 3.47. The lowest BCUT2D eigenvalue weighted by Crippen LogP contribution is -2.18. The van der Waals surface area contributed by atoms with Crippen molar-refractivity contribution in [3.05, 3.63) is 58.1 Å². The van der Waals surface area contributed by atoms with Gasteiger partial charge in [0, 0.05) is 4.47 Å². The van der Waals surface area contributed by atoms with Crippen LogP contribution in [-0.2, 0) is 0 Å². The number of amides is 1. The Morgan fingerprint density at radius 1 is 1.26 bits per heavy atom. The summed E-state index contributed by atoms with van der Waals surface area (Å²) in [5.41, 5.74) is 3.78. The first-order chi connectivity index (χ1) is 11.1. The Kier molecular flexibility index (Phi) is 6.17. The van der Waals surface area contributed by atoms with Gasteiger partial charge in [-0.2, -0.15) is 5.10 Å². The number of nitrogens with one attached hydrogen (secondary N) is 1. The van der Waals surface area contributed by atoms with Crippen LogP contribution < -0.4 is 14.9 Å². The molecule has 0 heterocycles. The van der Waals surface area contributed by atoms with Crippen LogP contribution in [0.15, 0.2) is 52.0 Å². The Bertz CT molecular complexity index is 699. The van der Waals surface area contributed by atoms with E-state index in [2.05, 4.69) is 26.5 Å². The number of nitrogens with zero attached hydrogens (tertiary/aromatic N) is 1. The maximum atomic E-state index is 12.2. The zero-order valence-electron chi connectivity index (χ0n) is 12.9. The van der Waals surface area contributed by atoms with Gasteiger partial charge in [0.25, 0.3) is 5.91 Å². The molecule has 0 aliphatic carbocycles. The number of rotatable bonds is 6. The maximum absolute atomic E-state index is 12.2. The van der Waals surface area contributed by atoms with Crippen LogP contribution >= 0.6 is 15.9 Å². The summed E-state index contributed by atoms with van der Waals surface area (Å²) >= 11 is 3.35. The Labute approximate surface area is 143 Å². The van der Waals surface area contributed by atoms with E-state index in [0.717, 1.165) is 15.8 Å². The van der Waals surface area contributed by atoms with E-state index in [-0.39, 0.29) is 5.91 Å². The van der Waals surface area contributed by atoms with E-state index >= 15 is 0 Å². The molecule has 0 spiro atoms. The normalized spacial score (nSPS) is 10.6. The molecule has 0 atom stereocenters. The summed E-state index contributed by atoms with van der Waals surface area (Å²) in [5.74, 6) is 0.953. The number of hydrogen-bond donors (Lipinski definition) is 1. The number of halogens is 1. The first-order valence-electron chi connectivity index (χ1n) is 7.04. The monoisotopic (exact) mass is 376 g/mol. The van der Waals surface area contributed by atoms with Crippen molar-refractivity contribution in [3.8, 4) is 11.5 Å². The minimum atomic E-state index is -0.334. The molecule has 1 amide bonds. The molecule has 0 aliphatic rings. The van der Waals surface area contributed by atoms with Crippen LogP contribution in [0.25, 0.3) is 0 Å². The van der Waals surface area contributed by atoms with Crippen LogP contribution in [0.1, 0.15) is 22.8 Å². The molecule has 0 fully saturated rings. The molecule has 5 nitrogen and oxygen atoms in total. The van der Waals surface area contributed by atoms with Gasteiger partial charge in [-0.3, -0.25) is 4.79 Å². The number of carbonyl (C=O) groups excluding carboxylic acids is 1. The average molecular weight is 377 g/mol. The molecule has 0 aromatic heterocycles. The number of benzene rings is 2. The van der Waals surface area contributed by atoms with Crippen molar-refractivity contribution >= 4 is 28.1 Å². The summed E-state index contributed by atoms with van der Waals surface area (Å²) in [7, 11) is 1.61. The van der Waals surface area contributed by atoms with Crippen LogP contribution in [0.5, 0.6) is 11.5 Å². The molecule has 2 rings (SSSR count). The molecule has 0 radical (unpaired) electrons.